The SMILES string of the molecule is Cc1ccc(C)c2nc(CCc3ccccc3)ccc12. The van der Waals surface area contributed by atoms with Crippen LogP contribution in [0, 0.1) is 13.8 Å². The second-order valence-corrected chi connectivity index (χ2v) is 5.38. The molecule has 100 valence electrons. The molecule has 0 aliphatic rings. The lowest BCUT2D eigenvalue weighted by molar-refractivity contribution is 0.922. The first-order valence-electron chi connectivity index (χ1n) is 7.14. The van der Waals surface area contributed by atoms with Crippen molar-refractivity contribution in [2.75, 3.05) is 0 Å². The minimum atomic E-state index is 0.993. The van der Waals surface area contributed by atoms with Crippen LogP contribution >= 0.6 is 0 Å². The van der Waals surface area contributed by atoms with Gasteiger partial charge in [-0.25, -0.2) is 0 Å². The zero-order chi connectivity index (χ0) is 13.9. The Labute approximate surface area is 120 Å². The smallest absolute Gasteiger partial charge is 0.0737 e. The van der Waals surface area contributed by atoms with Gasteiger partial charge in [0.1, 0.15) is 0 Å². The molecule has 0 saturated carbocycles. The number of fused-ring (bicyclic) bond motifs is 1. The third-order valence-electron chi connectivity index (χ3n) is 3.85. The second kappa shape index (κ2) is 5.46. The molecule has 2 aromatic carbocycles. The van der Waals surface area contributed by atoms with Crippen molar-refractivity contribution in [2.45, 2.75) is 26.7 Å². The molecule has 0 saturated heterocycles. The van der Waals surface area contributed by atoms with Gasteiger partial charge in [-0.3, -0.25) is 4.98 Å². The van der Waals surface area contributed by atoms with Crippen molar-refractivity contribution < 1.29 is 0 Å². The highest BCUT2D eigenvalue weighted by Crippen LogP contribution is 2.21. The first kappa shape index (κ1) is 12.9. The summed E-state index contributed by atoms with van der Waals surface area (Å²) in [5, 5.41) is 1.27. The van der Waals surface area contributed by atoms with Crippen LogP contribution < -0.4 is 0 Å². The summed E-state index contributed by atoms with van der Waals surface area (Å²) in [5.74, 6) is 0. The molecule has 1 nitrogen and oxygen atoms in total. The Morgan fingerprint density at radius 3 is 2.30 bits per heavy atom. The van der Waals surface area contributed by atoms with Crippen molar-refractivity contribution >= 4 is 10.9 Å². The lowest BCUT2D eigenvalue weighted by atomic mass is 10.0. The summed E-state index contributed by atoms with van der Waals surface area (Å²) in [6.45, 7) is 4.28. The molecule has 1 aromatic heterocycles. The first-order valence-corrected chi connectivity index (χ1v) is 7.14. The molecule has 0 aliphatic heterocycles. The largest absolute Gasteiger partial charge is 0.253 e. The maximum Gasteiger partial charge on any atom is 0.0737 e. The fraction of sp³-hybridized carbons (Fsp3) is 0.211. The van der Waals surface area contributed by atoms with Gasteiger partial charge in [0.15, 0.2) is 0 Å². The van der Waals surface area contributed by atoms with E-state index in [4.69, 9.17) is 4.98 Å². The maximum atomic E-state index is 4.85. The van der Waals surface area contributed by atoms with Crippen LogP contribution in [0.4, 0.5) is 0 Å². The summed E-state index contributed by atoms with van der Waals surface area (Å²) in [4.78, 5) is 4.85. The fourth-order valence-electron chi connectivity index (χ4n) is 2.59. The quantitative estimate of drug-likeness (QED) is 0.669. The Bertz CT molecular complexity index is 729. The van der Waals surface area contributed by atoms with Crippen LogP contribution in [-0.4, -0.2) is 4.98 Å². The molecule has 0 N–H and O–H groups in total. The van der Waals surface area contributed by atoms with E-state index in [0.29, 0.717) is 0 Å². The maximum absolute atomic E-state index is 4.85. The van der Waals surface area contributed by atoms with Gasteiger partial charge in [0.25, 0.3) is 0 Å². The summed E-state index contributed by atoms with van der Waals surface area (Å²) >= 11 is 0. The molecule has 1 heterocycles. The van der Waals surface area contributed by atoms with Crippen molar-refractivity contribution in [1.29, 1.82) is 0 Å². The van der Waals surface area contributed by atoms with E-state index < -0.39 is 0 Å². The van der Waals surface area contributed by atoms with Gasteiger partial charge < -0.3 is 0 Å². The zero-order valence-corrected chi connectivity index (χ0v) is 12.1. The third kappa shape index (κ3) is 2.57. The molecule has 0 radical (unpaired) electrons. The zero-order valence-electron chi connectivity index (χ0n) is 12.1. The number of aromatic nitrogens is 1. The second-order valence-electron chi connectivity index (χ2n) is 5.38. The van der Waals surface area contributed by atoms with Crippen LogP contribution in [0.1, 0.15) is 22.4 Å². The van der Waals surface area contributed by atoms with Gasteiger partial charge in [0, 0.05) is 11.1 Å². The van der Waals surface area contributed by atoms with Crippen LogP contribution in [0.5, 0.6) is 0 Å². The predicted molar refractivity (Wildman–Crippen MR) is 85.1 cm³/mol. The number of aryl methyl sites for hydroxylation is 4. The molecule has 3 aromatic rings. The Morgan fingerprint density at radius 1 is 0.750 bits per heavy atom. The van der Waals surface area contributed by atoms with Crippen LogP contribution in [0.2, 0.25) is 0 Å². The Hall–Kier alpha value is -2.15. The van der Waals surface area contributed by atoms with E-state index in [1.807, 2.05) is 0 Å². The molecular formula is C19H19N. The average Bonchev–Trinajstić information content (AvgIpc) is 2.50. The summed E-state index contributed by atoms with van der Waals surface area (Å²) in [6.07, 6.45) is 2.04. The van der Waals surface area contributed by atoms with Gasteiger partial charge in [-0.1, -0.05) is 48.5 Å². The van der Waals surface area contributed by atoms with E-state index >= 15 is 0 Å². The predicted octanol–water partition coefficient (Wildman–Crippen LogP) is 4.64. The molecule has 1 heteroatoms. The van der Waals surface area contributed by atoms with Crippen molar-refractivity contribution in [3.8, 4) is 0 Å². The van der Waals surface area contributed by atoms with Crippen molar-refractivity contribution in [3.05, 3.63) is 77.0 Å². The van der Waals surface area contributed by atoms with Gasteiger partial charge in [-0.2, -0.15) is 0 Å². The molecule has 0 fully saturated rings. The number of hydrogen-bond acceptors (Lipinski definition) is 1. The third-order valence-corrected chi connectivity index (χ3v) is 3.85. The monoisotopic (exact) mass is 261 g/mol. The first-order chi connectivity index (χ1) is 9.74. The highest BCUT2D eigenvalue weighted by atomic mass is 14.7. The lowest BCUT2D eigenvalue weighted by Gasteiger charge is -2.07. The minimum absolute atomic E-state index is 0.993. The van der Waals surface area contributed by atoms with E-state index in [1.54, 1.807) is 0 Å². The average molecular weight is 261 g/mol. The number of nitrogens with zero attached hydrogens (tertiary/aromatic N) is 1. The van der Waals surface area contributed by atoms with E-state index in [2.05, 4.69) is 68.4 Å². The van der Waals surface area contributed by atoms with Crippen molar-refractivity contribution in [2.24, 2.45) is 0 Å². The minimum Gasteiger partial charge on any atom is -0.253 e. The van der Waals surface area contributed by atoms with Crippen LogP contribution in [0.15, 0.2) is 54.6 Å². The van der Waals surface area contributed by atoms with Crippen molar-refractivity contribution in [3.63, 3.8) is 0 Å². The van der Waals surface area contributed by atoms with E-state index in [-0.39, 0.29) is 0 Å². The highest BCUT2D eigenvalue weighted by Gasteiger charge is 2.04. The Morgan fingerprint density at radius 2 is 1.50 bits per heavy atom. The van der Waals surface area contributed by atoms with Crippen molar-refractivity contribution in [1.82, 2.24) is 4.98 Å². The highest BCUT2D eigenvalue weighted by molar-refractivity contribution is 5.84. The van der Waals surface area contributed by atoms with Crippen LogP contribution in [0.25, 0.3) is 10.9 Å². The lowest BCUT2D eigenvalue weighted by Crippen LogP contribution is -1.96. The summed E-state index contributed by atoms with van der Waals surface area (Å²) < 4.78 is 0. The number of hydrogen-bond donors (Lipinski definition) is 0. The number of pyridine rings is 1. The molecule has 0 spiro atoms. The molecule has 0 aliphatic carbocycles. The molecule has 0 atom stereocenters. The Balaban J connectivity index is 1.88. The van der Waals surface area contributed by atoms with Gasteiger partial charge >= 0.3 is 0 Å². The normalized spacial score (nSPS) is 10.9. The van der Waals surface area contributed by atoms with E-state index in [1.165, 1.54) is 27.8 Å². The molecule has 0 bridgehead atoms. The van der Waals surface area contributed by atoms with Gasteiger partial charge in [0.05, 0.1) is 5.52 Å². The fourth-order valence-corrected chi connectivity index (χ4v) is 2.59. The summed E-state index contributed by atoms with van der Waals surface area (Å²) in [7, 11) is 0. The van der Waals surface area contributed by atoms with Crippen LogP contribution in [0.3, 0.4) is 0 Å². The number of benzene rings is 2. The summed E-state index contributed by atoms with van der Waals surface area (Å²) in [5.41, 5.74) is 6.25. The molecule has 3 rings (SSSR count). The topological polar surface area (TPSA) is 12.9 Å². The van der Waals surface area contributed by atoms with Gasteiger partial charge in [0.2, 0.25) is 0 Å². The van der Waals surface area contributed by atoms with Gasteiger partial charge in [-0.15, -0.1) is 0 Å². The molecule has 20 heavy (non-hydrogen) atoms. The number of rotatable bonds is 3. The van der Waals surface area contributed by atoms with E-state index in [0.717, 1.165) is 18.4 Å². The summed E-state index contributed by atoms with van der Waals surface area (Å²) in [6, 6.07) is 19.3. The standard InChI is InChI=1S/C19H19N/c1-14-8-9-15(2)19-18(14)13-12-17(20-19)11-10-16-6-4-3-5-7-16/h3-9,12-13H,10-11H2,1-2H3. The van der Waals surface area contributed by atoms with Crippen LogP contribution in [-0.2, 0) is 12.8 Å². The van der Waals surface area contributed by atoms with E-state index in [9.17, 15) is 0 Å². The Kier molecular flexibility index (Phi) is 3.51. The molecule has 0 amide bonds. The molecular weight excluding hydrogens is 242 g/mol. The molecule has 0 unspecified atom stereocenters. The van der Waals surface area contributed by atoms with Gasteiger partial charge in [-0.05, 0) is 49.4 Å².